The minimum absolute atomic E-state index is 0.124. The van der Waals surface area contributed by atoms with Gasteiger partial charge >= 0.3 is 6.09 Å². The predicted molar refractivity (Wildman–Crippen MR) is 90.7 cm³/mol. The molecule has 2 rings (SSSR count). The maximum absolute atomic E-state index is 12.6. The predicted octanol–water partition coefficient (Wildman–Crippen LogP) is 4.08. The van der Waals surface area contributed by atoms with Crippen LogP contribution in [0.1, 0.15) is 56.5 Å². The molecular formula is C19H27NO3. The highest BCUT2D eigenvalue weighted by atomic mass is 16.6. The molecule has 0 radical (unpaired) electrons. The highest BCUT2D eigenvalue weighted by Crippen LogP contribution is 2.23. The number of likely N-dealkylation sites (tertiary alicyclic amines) is 1. The van der Waals surface area contributed by atoms with Crippen LogP contribution in [0, 0.1) is 5.92 Å². The van der Waals surface area contributed by atoms with Crippen LogP contribution in [0.5, 0.6) is 0 Å². The second-order valence-electron chi connectivity index (χ2n) is 7.22. The van der Waals surface area contributed by atoms with Gasteiger partial charge in [0.2, 0.25) is 0 Å². The quantitative estimate of drug-likeness (QED) is 0.786. The van der Waals surface area contributed by atoms with Crippen LogP contribution in [-0.2, 0) is 11.2 Å². The summed E-state index contributed by atoms with van der Waals surface area (Å²) < 4.78 is 5.37. The average Bonchev–Trinajstić information content (AvgIpc) is 2.96. The molecule has 1 aliphatic heterocycles. The smallest absolute Gasteiger partial charge is 0.410 e. The molecule has 1 aromatic rings. The van der Waals surface area contributed by atoms with Crippen molar-refractivity contribution in [3.05, 3.63) is 35.4 Å². The van der Waals surface area contributed by atoms with E-state index in [2.05, 4.69) is 6.92 Å². The molecule has 0 N–H and O–H groups in total. The number of hydrogen-bond donors (Lipinski definition) is 0. The van der Waals surface area contributed by atoms with Crippen molar-refractivity contribution in [2.45, 2.75) is 52.6 Å². The standard InChI is InChI=1S/C19H27NO3/c1-5-6-14-7-9-15(10-8-14)17(21)16-11-12-20(13-16)18(22)23-19(2,3)4/h7-10,16H,5-6,11-13H2,1-4H3. The van der Waals surface area contributed by atoms with Crippen molar-refractivity contribution >= 4 is 11.9 Å². The number of amides is 1. The van der Waals surface area contributed by atoms with Gasteiger partial charge in [0.05, 0.1) is 0 Å². The molecule has 4 nitrogen and oxygen atoms in total. The second kappa shape index (κ2) is 7.16. The van der Waals surface area contributed by atoms with Gasteiger partial charge in [0.15, 0.2) is 5.78 Å². The third-order valence-electron chi connectivity index (χ3n) is 3.99. The van der Waals surface area contributed by atoms with Crippen molar-refractivity contribution < 1.29 is 14.3 Å². The number of Topliss-reactive ketones (excluding diaryl/α,β-unsaturated/α-hetero) is 1. The van der Waals surface area contributed by atoms with E-state index in [1.54, 1.807) is 4.90 Å². The molecule has 1 amide bonds. The number of benzene rings is 1. The summed E-state index contributed by atoms with van der Waals surface area (Å²) in [6.07, 6.45) is 2.51. The summed E-state index contributed by atoms with van der Waals surface area (Å²) in [5, 5.41) is 0. The van der Waals surface area contributed by atoms with Crippen molar-refractivity contribution in [3.8, 4) is 0 Å². The minimum atomic E-state index is -0.506. The number of ether oxygens (including phenoxy) is 1. The molecule has 1 aliphatic rings. The zero-order valence-corrected chi connectivity index (χ0v) is 14.6. The highest BCUT2D eigenvalue weighted by molar-refractivity contribution is 5.98. The summed E-state index contributed by atoms with van der Waals surface area (Å²) in [6, 6.07) is 7.86. The first-order valence-electron chi connectivity index (χ1n) is 8.41. The van der Waals surface area contributed by atoms with E-state index in [1.165, 1.54) is 5.56 Å². The van der Waals surface area contributed by atoms with Crippen LogP contribution in [0.15, 0.2) is 24.3 Å². The van der Waals surface area contributed by atoms with Gasteiger partial charge in [-0.25, -0.2) is 4.79 Å². The van der Waals surface area contributed by atoms with E-state index < -0.39 is 5.60 Å². The van der Waals surface area contributed by atoms with E-state index in [-0.39, 0.29) is 17.8 Å². The fraction of sp³-hybridized carbons (Fsp3) is 0.579. The summed E-state index contributed by atoms with van der Waals surface area (Å²) in [4.78, 5) is 26.3. The number of carbonyl (C=O) groups is 2. The molecule has 1 heterocycles. The van der Waals surface area contributed by atoms with Crippen LogP contribution in [0.3, 0.4) is 0 Å². The Morgan fingerprint density at radius 2 is 1.87 bits per heavy atom. The highest BCUT2D eigenvalue weighted by Gasteiger charge is 2.33. The lowest BCUT2D eigenvalue weighted by molar-refractivity contribution is 0.0289. The maximum atomic E-state index is 12.6. The molecular weight excluding hydrogens is 290 g/mol. The molecule has 1 aromatic carbocycles. The van der Waals surface area contributed by atoms with E-state index in [0.29, 0.717) is 19.5 Å². The Bertz CT molecular complexity index is 557. The Morgan fingerprint density at radius 1 is 1.22 bits per heavy atom. The molecule has 1 saturated heterocycles. The molecule has 23 heavy (non-hydrogen) atoms. The van der Waals surface area contributed by atoms with Gasteiger partial charge in [0.25, 0.3) is 0 Å². The fourth-order valence-corrected chi connectivity index (χ4v) is 2.83. The number of hydrogen-bond acceptors (Lipinski definition) is 3. The van der Waals surface area contributed by atoms with Crippen LogP contribution < -0.4 is 0 Å². The lowest BCUT2D eigenvalue weighted by atomic mass is 9.96. The van der Waals surface area contributed by atoms with Gasteiger partial charge < -0.3 is 9.64 Å². The Morgan fingerprint density at radius 3 is 2.43 bits per heavy atom. The Labute approximate surface area is 138 Å². The molecule has 1 fully saturated rings. The number of rotatable bonds is 4. The number of aryl methyl sites for hydroxylation is 1. The van der Waals surface area contributed by atoms with E-state index in [4.69, 9.17) is 4.74 Å². The van der Waals surface area contributed by atoms with Gasteiger partial charge in [-0.15, -0.1) is 0 Å². The lowest BCUT2D eigenvalue weighted by Crippen LogP contribution is -2.35. The Balaban J connectivity index is 1.95. The van der Waals surface area contributed by atoms with Crippen molar-refractivity contribution in [1.82, 2.24) is 4.90 Å². The molecule has 126 valence electrons. The van der Waals surface area contributed by atoms with E-state index in [0.717, 1.165) is 18.4 Å². The summed E-state index contributed by atoms with van der Waals surface area (Å²) in [5.74, 6) is -0.00125. The average molecular weight is 317 g/mol. The molecule has 0 spiro atoms. The van der Waals surface area contributed by atoms with Gasteiger partial charge in [0.1, 0.15) is 5.60 Å². The summed E-state index contributed by atoms with van der Waals surface area (Å²) in [7, 11) is 0. The van der Waals surface area contributed by atoms with Crippen LogP contribution in [0.25, 0.3) is 0 Å². The molecule has 1 atom stereocenters. The second-order valence-corrected chi connectivity index (χ2v) is 7.22. The number of nitrogens with zero attached hydrogens (tertiary/aromatic N) is 1. The van der Waals surface area contributed by atoms with Gasteiger partial charge in [-0.1, -0.05) is 37.6 Å². The van der Waals surface area contributed by atoms with Crippen LogP contribution in [0.4, 0.5) is 4.79 Å². The summed E-state index contributed by atoms with van der Waals surface area (Å²) in [5.41, 5.74) is 1.49. The van der Waals surface area contributed by atoms with E-state index >= 15 is 0 Å². The van der Waals surface area contributed by atoms with Gasteiger partial charge in [0, 0.05) is 24.6 Å². The third kappa shape index (κ3) is 4.81. The summed E-state index contributed by atoms with van der Waals surface area (Å²) in [6.45, 7) is 8.72. The zero-order chi connectivity index (χ0) is 17.0. The number of carbonyl (C=O) groups excluding carboxylic acids is 2. The van der Waals surface area contributed by atoms with Gasteiger partial charge in [-0.2, -0.15) is 0 Å². The van der Waals surface area contributed by atoms with Gasteiger partial charge in [-0.3, -0.25) is 4.79 Å². The first kappa shape index (κ1) is 17.5. The normalized spacial score (nSPS) is 18.1. The van der Waals surface area contributed by atoms with Gasteiger partial charge in [-0.05, 0) is 39.2 Å². The summed E-state index contributed by atoms with van der Waals surface area (Å²) >= 11 is 0. The first-order chi connectivity index (χ1) is 10.8. The van der Waals surface area contributed by atoms with E-state index in [1.807, 2.05) is 45.0 Å². The lowest BCUT2D eigenvalue weighted by Gasteiger charge is -2.24. The van der Waals surface area contributed by atoms with Crippen molar-refractivity contribution in [3.63, 3.8) is 0 Å². The third-order valence-corrected chi connectivity index (χ3v) is 3.99. The van der Waals surface area contributed by atoms with Crippen LogP contribution in [-0.4, -0.2) is 35.5 Å². The van der Waals surface area contributed by atoms with Crippen molar-refractivity contribution in [1.29, 1.82) is 0 Å². The minimum Gasteiger partial charge on any atom is -0.444 e. The topological polar surface area (TPSA) is 46.6 Å². The van der Waals surface area contributed by atoms with Crippen LogP contribution in [0.2, 0.25) is 0 Å². The largest absolute Gasteiger partial charge is 0.444 e. The Hall–Kier alpha value is -1.84. The molecule has 1 unspecified atom stereocenters. The molecule has 0 saturated carbocycles. The monoisotopic (exact) mass is 317 g/mol. The molecule has 0 aliphatic carbocycles. The molecule has 0 bridgehead atoms. The number of ketones is 1. The SMILES string of the molecule is CCCc1ccc(C(=O)C2CCN(C(=O)OC(C)(C)C)C2)cc1. The maximum Gasteiger partial charge on any atom is 0.410 e. The molecule has 0 aromatic heterocycles. The fourth-order valence-electron chi connectivity index (χ4n) is 2.83. The van der Waals surface area contributed by atoms with Crippen LogP contribution >= 0.6 is 0 Å². The Kier molecular flexibility index (Phi) is 5.45. The first-order valence-corrected chi connectivity index (χ1v) is 8.41. The van der Waals surface area contributed by atoms with Crippen molar-refractivity contribution in [2.24, 2.45) is 5.92 Å². The molecule has 4 heteroatoms. The van der Waals surface area contributed by atoms with E-state index in [9.17, 15) is 9.59 Å². The zero-order valence-electron chi connectivity index (χ0n) is 14.6. The van der Waals surface area contributed by atoms with Crippen molar-refractivity contribution in [2.75, 3.05) is 13.1 Å².